The van der Waals surface area contributed by atoms with Crippen LogP contribution in [0.1, 0.15) is 21.5 Å². The summed E-state index contributed by atoms with van der Waals surface area (Å²) in [5.74, 6) is 0.135. The SMILES string of the molecule is O=C(Nc1ccn(Cc2c(F)cccc2Cl)n1)c1ccc(COc2ccc(Cl)cc2Cl)cc1. The second-order valence-corrected chi connectivity index (χ2v) is 8.36. The first-order chi connectivity index (χ1) is 15.9. The Hall–Kier alpha value is -3.06. The molecule has 3 aromatic carbocycles. The van der Waals surface area contributed by atoms with Crippen molar-refractivity contribution in [3.63, 3.8) is 0 Å². The number of anilines is 1. The number of nitrogens with one attached hydrogen (secondary N) is 1. The second-order valence-electron chi connectivity index (χ2n) is 7.11. The number of carbonyl (C=O) groups excluding carboxylic acids is 1. The van der Waals surface area contributed by atoms with Crippen LogP contribution in [0.25, 0.3) is 0 Å². The molecule has 0 unspecified atom stereocenters. The summed E-state index contributed by atoms with van der Waals surface area (Å²) in [6.07, 6.45) is 1.64. The predicted molar refractivity (Wildman–Crippen MR) is 128 cm³/mol. The van der Waals surface area contributed by atoms with E-state index in [4.69, 9.17) is 39.5 Å². The average molecular weight is 505 g/mol. The molecule has 0 radical (unpaired) electrons. The summed E-state index contributed by atoms with van der Waals surface area (Å²) >= 11 is 18.1. The molecule has 0 atom stereocenters. The van der Waals surface area contributed by atoms with Crippen molar-refractivity contribution in [1.82, 2.24) is 9.78 Å². The van der Waals surface area contributed by atoms with Gasteiger partial charge in [0.25, 0.3) is 5.91 Å². The third-order valence-corrected chi connectivity index (χ3v) is 5.65. The Morgan fingerprint density at radius 1 is 1.00 bits per heavy atom. The van der Waals surface area contributed by atoms with E-state index in [0.29, 0.717) is 37.8 Å². The van der Waals surface area contributed by atoms with Crippen molar-refractivity contribution >= 4 is 46.5 Å². The number of nitrogens with zero attached hydrogens (tertiary/aromatic N) is 2. The number of benzene rings is 3. The lowest BCUT2D eigenvalue weighted by atomic mass is 10.1. The van der Waals surface area contributed by atoms with Crippen LogP contribution in [0.15, 0.2) is 72.9 Å². The monoisotopic (exact) mass is 503 g/mol. The van der Waals surface area contributed by atoms with E-state index in [1.807, 2.05) is 0 Å². The van der Waals surface area contributed by atoms with Gasteiger partial charge in [-0.3, -0.25) is 9.48 Å². The van der Waals surface area contributed by atoms with Gasteiger partial charge in [0, 0.05) is 33.4 Å². The minimum atomic E-state index is -0.411. The van der Waals surface area contributed by atoms with Gasteiger partial charge in [-0.05, 0) is 48.0 Å². The summed E-state index contributed by atoms with van der Waals surface area (Å²) in [6, 6.07) is 18.1. The van der Waals surface area contributed by atoms with E-state index in [2.05, 4.69) is 10.4 Å². The molecule has 9 heteroatoms. The van der Waals surface area contributed by atoms with E-state index in [0.717, 1.165) is 5.56 Å². The van der Waals surface area contributed by atoms with Crippen LogP contribution in [0.4, 0.5) is 10.2 Å². The molecule has 5 nitrogen and oxygen atoms in total. The third kappa shape index (κ3) is 5.85. The van der Waals surface area contributed by atoms with Gasteiger partial charge < -0.3 is 10.1 Å². The van der Waals surface area contributed by atoms with Crippen molar-refractivity contribution in [3.8, 4) is 5.75 Å². The molecule has 0 bridgehead atoms. The van der Waals surface area contributed by atoms with Crippen LogP contribution in [0.3, 0.4) is 0 Å². The van der Waals surface area contributed by atoms with Gasteiger partial charge in [0.2, 0.25) is 0 Å². The summed E-state index contributed by atoms with van der Waals surface area (Å²) in [4.78, 5) is 12.6. The Labute approximate surface area is 204 Å². The van der Waals surface area contributed by atoms with Crippen molar-refractivity contribution in [3.05, 3.63) is 111 Å². The molecule has 0 aliphatic carbocycles. The first kappa shape index (κ1) is 23.1. The van der Waals surface area contributed by atoms with E-state index >= 15 is 0 Å². The number of halogens is 4. The van der Waals surface area contributed by atoms with Crippen molar-refractivity contribution in [1.29, 1.82) is 0 Å². The van der Waals surface area contributed by atoms with Crippen LogP contribution in [0, 0.1) is 5.82 Å². The molecular weight excluding hydrogens is 488 g/mol. The zero-order valence-electron chi connectivity index (χ0n) is 17.1. The fourth-order valence-corrected chi connectivity index (χ4v) is 3.74. The Morgan fingerprint density at radius 2 is 1.79 bits per heavy atom. The molecule has 1 aromatic heterocycles. The van der Waals surface area contributed by atoms with Crippen LogP contribution in [-0.2, 0) is 13.2 Å². The number of rotatable bonds is 7. The van der Waals surface area contributed by atoms with Crippen molar-refractivity contribution in [2.24, 2.45) is 0 Å². The maximum Gasteiger partial charge on any atom is 0.256 e. The quantitative estimate of drug-likeness (QED) is 0.299. The highest BCUT2D eigenvalue weighted by Crippen LogP contribution is 2.28. The third-order valence-electron chi connectivity index (χ3n) is 4.77. The average Bonchev–Trinajstić information content (AvgIpc) is 3.23. The molecule has 0 fully saturated rings. The maximum absolute atomic E-state index is 14.0. The van der Waals surface area contributed by atoms with Gasteiger partial charge in [0.1, 0.15) is 18.2 Å². The lowest BCUT2D eigenvalue weighted by Gasteiger charge is -2.09. The molecule has 4 rings (SSSR count). The Morgan fingerprint density at radius 3 is 2.52 bits per heavy atom. The zero-order chi connectivity index (χ0) is 23.4. The van der Waals surface area contributed by atoms with Crippen LogP contribution < -0.4 is 10.1 Å². The van der Waals surface area contributed by atoms with Crippen LogP contribution in [-0.4, -0.2) is 15.7 Å². The van der Waals surface area contributed by atoms with Crippen LogP contribution >= 0.6 is 34.8 Å². The number of hydrogen-bond donors (Lipinski definition) is 1. The van der Waals surface area contributed by atoms with Gasteiger partial charge in [-0.2, -0.15) is 5.10 Å². The summed E-state index contributed by atoms with van der Waals surface area (Å²) in [7, 11) is 0. The molecule has 0 saturated heterocycles. The van der Waals surface area contributed by atoms with E-state index in [-0.39, 0.29) is 19.1 Å². The van der Waals surface area contributed by atoms with Crippen LogP contribution in [0.5, 0.6) is 5.75 Å². The zero-order valence-corrected chi connectivity index (χ0v) is 19.3. The molecule has 1 heterocycles. The molecule has 4 aromatic rings. The molecule has 168 valence electrons. The summed E-state index contributed by atoms with van der Waals surface area (Å²) < 4.78 is 21.2. The van der Waals surface area contributed by atoms with Crippen molar-refractivity contribution in [2.75, 3.05) is 5.32 Å². The normalized spacial score (nSPS) is 10.8. The Bertz CT molecular complexity index is 1270. The highest BCUT2D eigenvalue weighted by atomic mass is 35.5. The Kier molecular flexibility index (Phi) is 7.18. The fourth-order valence-electron chi connectivity index (χ4n) is 3.06. The lowest BCUT2D eigenvalue weighted by molar-refractivity contribution is 0.102. The number of hydrogen-bond acceptors (Lipinski definition) is 3. The first-order valence-corrected chi connectivity index (χ1v) is 11.0. The molecular formula is C24H17Cl3FN3O2. The Balaban J connectivity index is 1.35. The number of ether oxygens (including phenoxy) is 1. The second kappa shape index (κ2) is 10.3. The molecule has 0 spiro atoms. The number of amides is 1. The van der Waals surface area contributed by atoms with Gasteiger partial charge in [-0.15, -0.1) is 0 Å². The molecule has 33 heavy (non-hydrogen) atoms. The smallest absolute Gasteiger partial charge is 0.256 e. The minimum absolute atomic E-state index is 0.147. The largest absolute Gasteiger partial charge is 0.487 e. The predicted octanol–water partition coefficient (Wildman–Crippen LogP) is 6.86. The topological polar surface area (TPSA) is 56.2 Å². The molecule has 0 saturated carbocycles. The van der Waals surface area contributed by atoms with Gasteiger partial charge in [0.05, 0.1) is 11.6 Å². The minimum Gasteiger partial charge on any atom is -0.487 e. The van der Waals surface area contributed by atoms with Gasteiger partial charge in [-0.1, -0.05) is 53.0 Å². The molecule has 0 aliphatic rings. The van der Waals surface area contributed by atoms with E-state index in [9.17, 15) is 9.18 Å². The van der Waals surface area contributed by atoms with Crippen molar-refractivity contribution in [2.45, 2.75) is 13.2 Å². The molecule has 1 amide bonds. The van der Waals surface area contributed by atoms with Crippen molar-refractivity contribution < 1.29 is 13.9 Å². The number of carbonyl (C=O) groups is 1. The van der Waals surface area contributed by atoms with E-state index in [1.54, 1.807) is 66.9 Å². The standard InChI is InChI=1S/C24H17Cl3FN3O2/c25-17-8-9-22(20(27)12-17)33-14-15-4-6-16(7-5-15)24(32)29-23-10-11-31(30-23)13-18-19(26)2-1-3-21(18)28/h1-12H,13-14H2,(H,29,30,32). The van der Waals surface area contributed by atoms with E-state index < -0.39 is 5.82 Å². The molecule has 0 aliphatic heterocycles. The van der Waals surface area contributed by atoms with Gasteiger partial charge in [-0.25, -0.2) is 4.39 Å². The van der Waals surface area contributed by atoms with Gasteiger partial charge >= 0.3 is 0 Å². The van der Waals surface area contributed by atoms with Gasteiger partial charge in [0.15, 0.2) is 5.82 Å². The maximum atomic E-state index is 14.0. The first-order valence-electron chi connectivity index (χ1n) is 9.83. The summed E-state index contributed by atoms with van der Waals surface area (Å²) in [5, 5.41) is 8.27. The fraction of sp³-hybridized carbons (Fsp3) is 0.0833. The van der Waals surface area contributed by atoms with E-state index in [1.165, 1.54) is 10.7 Å². The number of aromatic nitrogens is 2. The molecule has 1 N–H and O–H groups in total. The lowest BCUT2D eigenvalue weighted by Crippen LogP contribution is -2.13. The summed E-state index contributed by atoms with van der Waals surface area (Å²) in [6.45, 7) is 0.431. The highest BCUT2D eigenvalue weighted by molar-refractivity contribution is 6.35. The van der Waals surface area contributed by atoms with Crippen LogP contribution in [0.2, 0.25) is 15.1 Å². The highest BCUT2D eigenvalue weighted by Gasteiger charge is 2.11. The summed E-state index contributed by atoms with van der Waals surface area (Å²) in [5.41, 5.74) is 1.65.